The lowest BCUT2D eigenvalue weighted by Gasteiger charge is -2.26. The molecule has 4 nitrogen and oxygen atoms in total. The van der Waals surface area contributed by atoms with E-state index in [1.54, 1.807) is 24.3 Å². The van der Waals surface area contributed by atoms with Crippen LogP contribution in [-0.2, 0) is 4.79 Å². The molecule has 0 unspecified atom stereocenters. The van der Waals surface area contributed by atoms with Crippen molar-refractivity contribution in [2.24, 2.45) is 5.92 Å². The molecule has 2 rings (SSSR count). The number of hydrogen-bond donors (Lipinski definition) is 2. The molecule has 26 heavy (non-hydrogen) atoms. The average Bonchev–Trinajstić information content (AvgIpc) is 2.63. The first-order valence-electron chi connectivity index (χ1n) is 8.78. The minimum Gasteiger partial charge on any atom is -0.506 e. The minimum atomic E-state index is -0.410. The number of terminal acetylenes is 1. The molecule has 2 aromatic carbocycles. The highest BCUT2D eigenvalue weighted by Gasteiger charge is 2.26. The number of ether oxygens (including phenoxy) is 1. The number of aryl methyl sites for hydroxylation is 1. The maximum Gasteiger partial charge on any atom is 0.316 e. The number of carbonyl (C=O) groups is 1. The molecular formula is C22H25NO3. The van der Waals surface area contributed by atoms with Gasteiger partial charge in [0, 0.05) is 12.5 Å². The van der Waals surface area contributed by atoms with Crippen molar-refractivity contribution in [3.8, 4) is 23.8 Å². The van der Waals surface area contributed by atoms with E-state index in [2.05, 4.69) is 11.2 Å². The first-order valence-corrected chi connectivity index (χ1v) is 8.78. The molecule has 0 heterocycles. The molecule has 0 aliphatic rings. The minimum absolute atomic E-state index is 0.163. The summed E-state index contributed by atoms with van der Waals surface area (Å²) in [5, 5.41) is 13.5. The first kappa shape index (κ1) is 19.4. The lowest BCUT2D eigenvalue weighted by molar-refractivity contribution is -0.138. The smallest absolute Gasteiger partial charge is 0.316 e. The van der Waals surface area contributed by atoms with Crippen molar-refractivity contribution >= 4 is 11.7 Å². The molecule has 0 amide bonds. The van der Waals surface area contributed by atoms with E-state index in [1.807, 2.05) is 38.1 Å². The Kier molecular flexibility index (Phi) is 7.11. The third-order valence-corrected chi connectivity index (χ3v) is 4.35. The summed E-state index contributed by atoms with van der Waals surface area (Å²) in [6.07, 6.45) is 7.47. The zero-order valence-corrected chi connectivity index (χ0v) is 15.2. The van der Waals surface area contributed by atoms with Crippen LogP contribution in [0.2, 0.25) is 0 Å². The molecule has 136 valence electrons. The molecule has 2 atom stereocenters. The number of nitrogens with one attached hydrogen (secondary N) is 1. The lowest BCUT2D eigenvalue weighted by Crippen LogP contribution is -2.35. The summed E-state index contributed by atoms with van der Waals surface area (Å²) in [5.41, 5.74) is 1.55. The first-order chi connectivity index (χ1) is 12.5. The second-order valence-electron chi connectivity index (χ2n) is 6.34. The number of aromatic hydroxyl groups is 1. The van der Waals surface area contributed by atoms with E-state index in [-0.39, 0.29) is 17.8 Å². The standard InChI is InChI=1S/C22H25NO3/c1-4-5-7-14-19(23-21-16(2)11-10-15-20(21)24)17(3)22(25)26-18-12-8-6-9-13-18/h1,6,8-13,15,17,19,23-24H,5,7,14H2,2-3H3/t17-,19-/m1/s1. The Morgan fingerprint density at radius 2 is 1.96 bits per heavy atom. The Hall–Kier alpha value is -2.93. The van der Waals surface area contributed by atoms with Crippen LogP contribution >= 0.6 is 0 Å². The number of benzene rings is 2. The van der Waals surface area contributed by atoms with Gasteiger partial charge in [-0.05, 0) is 50.5 Å². The number of para-hydroxylation sites is 2. The van der Waals surface area contributed by atoms with Crippen LogP contribution in [0, 0.1) is 25.2 Å². The van der Waals surface area contributed by atoms with E-state index in [0.717, 1.165) is 12.0 Å². The SMILES string of the molecule is C#CCCC[C@@H](Nc1c(C)cccc1O)[C@@H](C)C(=O)Oc1ccccc1. The Balaban J connectivity index is 2.14. The number of esters is 1. The summed E-state index contributed by atoms with van der Waals surface area (Å²) in [6.45, 7) is 3.74. The molecule has 0 saturated heterocycles. The fourth-order valence-corrected chi connectivity index (χ4v) is 2.76. The number of hydrogen-bond acceptors (Lipinski definition) is 4. The van der Waals surface area contributed by atoms with Gasteiger partial charge in [0.05, 0.1) is 11.6 Å². The van der Waals surface area contributed by atoms with E-state index in [0.29, 0.717) is 24.3 Å². The van der Waals surface area contributed by atoms with Gasteiger partial charge in [0.25, 0.3) is 0 Å². The molecule has 0 aromatic heterocycles. The Labute approximate surface area is 155 Å². The molecule has 4 heteroatoms. The number of anilines is 1. The van der Waals surface area contributed by atoms with Crippen LogP contribution < -0.4 is 10.1 Å². The molecule has 0 aliphatic heterocycles. The zero-order chi connectivity index (χ0) is 18.9. The van der Waals surface area contributed by atoms with Crippen LogP contribution in [0.3, 0.4) is 0 Å². The fraction of sp³-hybridized carbons (Fsp3) is 0.318. The van der Waals surface area contributed by atoms with Crippen molar-refractivity contribution in [1.29, 1.82) is 0 Å². The normalized spacial score (nSPS) is 12.7. The summed E-state index contributed by atoms with van der Waals surface area (Å²) < 4.78 is 5.48. The van der Waals surface area contributed by atoms with Crippen LogP contribution in [-0.4, -0.2) is 17.1 Å². The molecule has 0 aliphatic carbocycles. The van der Waals surface area contributed by atoms with Gasteiger partial charge in [0.2, 0.25) is 0 Å². The number of phenols is 1. The number of carbonyl (C=O) groups excluding carboxylic acids is 1. The van der Waals surface area contributed by atoms with Crippen LogP contribution in [0.15, 0.2) is 48.5 Å². The highest BCUT2D eigenvalue weighted by Crippen LogP contribution is 2.29. The topological polar surface area (TPSA) is 58.6 Å². The molecule has 2 aromatic rings. The van der Waals surface area contributed by atoms with Crippen LogP contribution in [0.5, 0.6) is 11.5 Å². The van der Waals surface area contributed by atoms with Crippen molar-refractivity contribution < 1.29 is 14.6 Å². The van der Waals surface area contributed by atoms with Gasteiger partial charge in [-0.3, -0.25) is 4.79 Å². The summed E-state index contributed by atoms with van der Waals surface area (Å²) in [6, 6.07) is 14.1. The summed E-state index contributed by atoms with van der Waals surface area (Å²) >= 11 is 0. The third kappa shape index (κ3) is 5.29. The fourth-order valence-electron chi connectivity index (χ4n) is 2.76. The molecule has 0 spiro atoms. The van der Waals surface area contributed by atoms with Gasteiger partial charge < -0.3 is 15.2 Å². The van der Waals surface area contributed by atoms with E-state index in [1.165, 1.54) is 0 Å². The van der Waals surface area contributed by atoms with Crippen molar-refractivity contribution in [2.75, 3.05) is 5.32 Å². The second kappa shape index (κ2) is 9.53. The summed E-state index contributed by atoms with van der Waals surface area (Å²) in [5.74, 6) is 2.58. The van der Waals surface area contributed by atoms with E-state index in [9.17, 15) is 9.90 Å². The van der Waals surface area contributed by atoms with Crippen LogP contribution in [0.4, 0.5) is 5.69 Å². The Morgan fingerprint density at radius 1 is 1.23 bits per heavy atom. The number of unbranched alkanes of at least 4 members (excludes halogenated alkanes) is 1. The molecular weight excluding hydrogens is 326 g/mol. The highest BCUT2D eigenvalue weighted by atomic mass is 16.5. The number of rotatable bonds is 8. The lowest BCUT2D eigenvalue weighted by atomic mass is 9.95. The highest BCUT2D eigenvalue weighted by molar-refractivity contribution is 5.76. The summed E-state index contributed by atoms with van der Waals surface area (Å²) in [4.78, 5) is 12.6. The third-order valence-electron chi connectivity index (χ3n) is 4.35. The number of phenolic OH excluding ortho intramolecular Hbond substituents is 1. The van der Waals surface area contributed by atoms with Crippen molar-refractivity contribution in [3.05, 3.63) is 54.1 Å². The van der Waals surface area contributed by atoms with Gasteiger partial charge in [-0.1, -0.05) is 30.3 Å². The van der Waals surface area contributed by atoms with Gasteiger partial charge in [-0.25, -0.2) is 0 Å². The Morgan fingerprint density at radius 3 is 2.62 bits per heavy atom. The molecule has 2 N–H and O–H groups in total. The second-order valence-corrected chi connectivity index (χ2v) is 6.34. The zero-order valence-electron chi connectivity index (χ0n) is 15.2. The predicted octanol–water partition coefficient (Wildman–Crippen LogP) is 4.53. The average molecular weight is 351 g/mol. The molecule has 0 fully saturated rings. The van der Waals surface area contributed by atoms with E-state index >= 15 is 0 Å². The quantitative estimate of drug-likeness (QED) is 0.241. The van der Waals surface area contributed by atoms with Crippen molar-refractivity contribution in [3.63, 3.8) is 0 Å². The Bertz CT molecular complexity index is 744. The maximum absolute atomic E-state index is 12.6. The molecule has 0 radical (unpaired) electrons. The van der Waals surface area contributed by atoms with Crippen molar-refractivity contribution in [1.82, 2.24) is 0 Å². The monoisotopic (exact) mass is 351 g/mol. The van der Waals surface area contributed by atoms with Gasteiger partial charge >= 0.3 is 5.97 Å². The van der Waals surface area contributed by atoms with Gasteiger partial charge in [-0.15, -0.1) is 12.3 Å². The van der Waals surface area contributed by atoms with Gasteiger partial charge in [-0.2, -0.15) is 0 Å². The van der Waals surface area contributed by atoms with E-state index in [4.69, 9.17) is 11.2 Å². The largest absolute Gasteiger partial charge is 0.506 e. The van der Waals surface area contributed by atoms with Crippen LogP contribution in [0.25, 0.3) is 0 Å². The summed E-state index contributed by atoms with van der Waals surface area (Å²) in [7, 11) is 0. The van der Waals surface area contributed by atoms with Crippen LogP contribution in [0.1, 0.15) is 31.7 Å². The predicted molar refractivity (Wildman–Crippen MR) is 104 cm³/mol. The van der Waals surface area contributed by atoms with Gasteiger partial charge in [0.1, 0.15) is 11.5 Å². The molecule has 0 bridgehead atoms. The maximum atomic E-state index is 12.6. The van der Waals surface area contributed by atoms with Crippen molar-refractivity contribution in [2.45, 2.75) is 39.2 Å². The van der Waals surface area contributed by atoms with Gasteiger partial charge in [0.15, 0.2) is 0 Å². The molecule has 0 saturated carbocycles. The van der Waals surface area contributed by atoms with E-state index < -0.39 is 5.92 Å².